The molecule has 2 rings (SSSR count). The second-order valence-corrected chi connectivity index (χ2v) is 2.78. The third-order valence-electron chi connectivity index (χ3n) is 1.94. The topological polar surface area (TPSA) is 50.8 Å². The van der Waals surface area contributed by atoms with Gasteiger partial charge >= 0.3 is 0 Å². The maximum Gasteiger partial charge on any atom is 0.215 e. The molecule has 0 unspecified atom stereocenters. The van der Waals surface area contributed by atoms with Crippen molar-refractivity contribution in [3.05, 3.63) is 18.1 Å². The van der Waals surface area contributed by atoms with Crippen molar-refractivity contribution in [2.75, 3.05) is 7.11 Å². The first kappa shape index (κ1) is 8.04. The number of aromatic amines is 1. The minimum absolute atomic E-state index is 0.599. The molecule has 4 heteroatoms. The number of H-pyrrole nitrogens is 1. The number of nitrogens with zero attached hydrogens (tertiary/aromatic N) is 2. The Balaban J connectivity index is 2.57. The zero-order valence-corrected chi connectivity index (χ0v) is 7.66. The third-order valence-corrected chi connectivity index (χ3v) is 1.94. The molecular formula is C9H11N3O. The quantitative estimate of drug-likeness (QED) is 0.756. The van der Waals surface area contributed by atoms with Crippen LogP contribution in [0.5, 0.6) is 5.88 Å². The van der Waals surface area contributed by atoms with Crippen molar-refractivity contribution < 1.29 is 4.74 Å². The minimum atomic E-state index is 0.599. The molecule has 0 bridgehead atoms. The van der Waals surface area contributed by atoms with Crippen LogP contribution in [0.4, 0.5) is 0 Å². The number of fused-ring (bicyclic) bond motifs is 1. The van der Waals surface area contributed by atoms with Crippen molar-refractivity contribution in [1.29, 1.82) is 0 Å². The Morgan fingerprint density at radius 2 is 2.38 bits per heavy atom. The molecule has 4 nitrogen and oxygen atoms in total. The molecule has 13 heavy (non-hydrogen) atoms. The lowest BCUT2D eigenvalue weighted by Gasteiger charge is -1.95. The zero-order chi connectivity index (χ0) is 9.26. The Hall–Kier alpha value is -1.58. The van der Waals surface area contributed by atoms with E-state index in [0.717, 1.165) is 23.3 Å². The molecule has 0 aliphatic rings. The molecule has 1 N–H and O–H groups in total. The van der Waals surface area contributed by atoms with E-state index < -0.39 is 0 Å². The Kier molecular flexibility index (Phi) is 1.88. The number of rotatable bonds is 2. The highest BCUT2D eigenvalue weighted by Crippen LogP contribution is 2.15. The fraction of sp³-hybridized carbons (Fsp3) is 0.333. The van der Waals surface area contributed by atoms with Crippen LogP contribution in [0, 0.1) is 0 Å². The molecule has 0 saturated carbocycles. The van der Waals surface area contributed by atoms with Crippen molar-refractivity contribution in [2.45, 2.75) is 13.3 Å². The molecular weight excluding hydrogens is 166 g/mol. The lowest BCUT2D eigenvalue weighted by molar-refractivity contribution is 0.398. The molecule has 0 radical (unpaired) electrons. The molecule has 0 saturated heterocycles. The standard InChI is InChI=1S/C9H11N3O/c1-3-8-11-6-4-9(13-2)10-5-7(6)12-8/h4-5H,3H2,1-2H3,(H,11,12). The van der Waals surface area contributed by atoms with E-state index in [4.69, 9.17) is 4.74 Å². The fourth-order valence-corrected chi connectivity index (χ4v) is 1.22. The largest absolute Gasteiger partial charge is 0.481 e. The van der Waals surface area contributed by atoms with Gasteiger partial charge in [0.2, 0.25) is 5.88 Å². The number of hydrogen-bond donors (Lipinski definition) is 1. The number of nitrogens with one attached hydrogen (secondary N) is 1. The lowest BCUT2D eigenvalue weighted by atomic mass is 10.4. The van der Waals surface area contributed by atoms with Gasteiger partial charge in [-0.25, -0.2) is 9.97 Å². The highest BCUT2D eigenvalue weighted by molar-refractivity contribution is 5.74. The first-order valence-corrected chi connectivity index (χ1v) is 4.22. The van der Waals surface area contributed by atoms with Crippen molar-refractivity contribution in [2.24, 2.45) is 0 Å². The summed E-state index contributed by atoms with van der Waals surface area (Å²) in [5.74, 6) is 1.58. The van der Waals surface area contributed by atoms with Gasteiger partial charge in [0.15, 0.2) is 0 Å². The summed E-state index contributed by atoms with van der Waals surface area (Å²) in [6.45, 7) is 2.06. The van der Waals surface area contributed by atoms with E-state index in [-0.39, 0.29) is 0 Å². The number of imidazole rings is 1. The van der Waals surface area contributed by atoms with Crippen LogP contribution < -0.4 is 4.74 Å². The van der Waals surface area contributed by atoms with Crippen molar-refractivity contribution in [1.82, 2.24) is 15.0 Å². The molecule has 68 valence electrons. The minimum Gasteiger partial charge on any atom is -0.481 e. The molecule has 0 amide bonds. The number of ether oxygens (including phenoxy) is 1. The monoisotopic (exact) mass is 177 g/mol. The summed E-state index contributed by atoms with van der Waals surface area (Å²) in [7, 11) is 1.60. The van der Waals surface area contributed by atoms with Crippen LogP contribution in [0.25, 0.3) is 11.0 Å². The van der Waals surface area contributed by atoms with Gasteiger partial charge in [-0.3, -0.25) is 0 Å². The predicted octanol–water partition coefficient (Wildman–Crippen LogP) is 1.53. The van der Waals surface area contributed by atoms with Gasteiger partial charge in [-0.15, -0.1) is 0 Å². The summed E-state index contributed by atoms with van der Waals surface area (Å²) in [6, 6.07) is 1.82. The van der Waals surface area contributed by atoms with Gasteiger partial charge < -0.3 is 9.72 Å². The summed E-state index contributed by atoms with van der Waals surface area (Å²) < 4.78 is 5.00. The van der Waals surface area contributed by atoms with Gasteiger partial charge in [-0.05, 0) is 0 Å². The Bertz CT molecular complexity index is 420. The Morgan fingerprint density at radius 3 is 3.08 bits per heavy atom. The first-order valence-electron chi connectivity index (χ1n) is 4.22. The highest BCUT2D eigenvalue weighted by Gasteiger charge is 2.02. The number of aromatic nitrogens is 3. The molecule has 2 aromatic heterocycles. The Labute approximate surface area is 76.0 Å². The van der Waals surface area contributed by atoms with Gasteiger partial charge in [0.1, 0.15) is 5.82 Å². The second-order valence-electron chi connectivity index (χ2n) is 2.78. The number of hydrogen-bond acceptors (Lipinski definition) is 3. The van der Waals surface area contributed by atoms with Crippen LogP contribution in [-0.4, -0.2) is 22.1 Å². The normalized spacial score (nSPS) is 10.6. The summed E-state index contributed by atoms with van der Waals surface area (Å²) in [6.07, 6.45) is 2.64. The average molecular weight is 177 g/mol. The third kappa shape index (κ3) is 1.35. The molecule has 0 aliphatic carbocycles. The van der Waals surface area contributed by atoms with E-state index >= 15 is 0 Å². The van der Waals surface area contributed by atoms with Crippen LogP contribution in [0.1, 0.15) is 12.7 Å². The predicted molar refractivity (Wildman–Crippen MR) is 49.8 cm³/mol. The molecule has 0 spiro atoms. The summed E-state index contributed by atoms with van der Waals surface area (Å²) in [5.41, 5.74) is 1.86. The van der Waals surface area contributed by atoms with Crippen molar-refractivity contribution in [3.63, 3.8) is 0 Å². The van der Waals surface area contributed by atoms with Gasteiger partial charge in [0.05, 0.1) is 24.3 Å². The van der Waals surface area contributed by atoms with Crippen LogP contribution >= 0.6 is 0 Å². The maximum atomic E-state index is 5.00. The van der Waals surface area contributed by atoms with E-state index in [1.54, 1.807) is 13.3 Å². The van der Waals surface area contributed by atoms with Gasteiger partial charge in [0.25, 0.3) is 0 Å². The van der Waals surface area contributed by atoms with Crippen LogP contribution in [-0.2, 0) is 6.42 Å². The van der Waals surface area contributed by atoms with Gasteiger partial charge in [0, 0.05) is 12.5 Å². The van der Waals surface area contributed by atoms with E-state index in [1.807, 2.05) is 6.07 Å². The van der Waals surface area contributed by atoms with E-state index in [0.29, 0.717) is 5.88 Å². The molecule has 0 atom stereocenters. The van der Waals surface area contributed by atoms with Crippen LogP contribution in [0.15, 0.2) is 12.3 Å². The number of pyridine rings is 1. The first-order chi connectivity index (χ1) is 6.33. The average Bonchev–Trinajstić information content (AvgIpc) is 2.58. The SMILES string of the molecule is CCc1nc2cc(OC)ncc2[nH]1. The Morgan fingerprint density at radius 1 is 1.54 bits per heavy atom. The smallest absolute Gasteiger partial charge is 0.215 e. The lowest BCUT2D eigenvalue weighted by Crippen LogP contribution is -1.85. The fourth-order valence-electron chi connectivity index (χ4n) is 1.22. The molecule has 0 aliphatic heterocycles. The van der Waals surface area contributed by atoms with E-state index in [2.05, 4.69) is 21.9 Å². The number of aryl methyl sites for hydroxylation is 1. The van der Waals surface area contributed by atoms with Crippen molar-refractivity contribution >= 4 is 11.0 Å². The van der Waals surface area contributed by atoms with E-state index in [1.165, 1.54) is 0 Å². The zero-order valence-electron chi connectivity index (χ0n) is 7.66. The van der Waals surface area contributed by atoms with Gasteiger partial charge in [-0.1, -0.05) is 6.92 Å². The molecule has 0 aromatic carbocycles. The summed E-state index contributed by atoms with van der Waals surface area (Å²) in [4.78, 5) is 11.6. The van der Waals surface area contributed by atoms with Crippen molar-refractivity contribution in [3.8, 4) is 5.88 Å². The van der Waals surface area contributed by atoms with Crippen LogP contribution in [0.3, 0.4) is 0 Å². The van der Waals surface area contributed by atoms with Gasteiger partial charge in [-0.2, -0.15) is 0 Å². The maximum absolute atomic E-state index is 5.00. The highest BCUT2D eigenvalue weighted by atomic mass is 16.5. The second kappa shape index (κ2) is 3.05. The number of methoxy groups -OCH3 is 1. The van der Waals surface area contributed by atoms with E-state index in [9.17, 15) is 0 Å². The summed E-state index contributed by atoms with van der Waals surface area (Å²) >= 11 is 0. The molecule has 2 aromatic rings. The molecule has 0 fully saturated rings. The van der Waals surface area contributed by atoms with Crippen LogP contribution in [0.2, 0.25) is 0 Å². The summed E-state index contributed by atoms with van der Waals surface area (Å²) in [5, 5.41) is 0. The molecule has 2 heterocycles.